The molecule has 0 N–H and O–H groups in total. The van der Waals surface area contributed by atoms with Crippen LogP contribution in [0.4, 0.5) is 13.2 Å². The van der Waals surface area contributed by atoms with Crippen molar-refractivity contribution < 1.29 is 13.2 Å². The molecule has 0 aliphatic carbocycles. The van der Waals surface area contributed by atoms with Gasteiger partial charge in [-0.05, 0) is 18.2 Å². The zero-order valence-corrected chi connectivity index (χ0v) is 10.7. The molecular weight excluding hydrogens is 283 g/mol. The second kappa shape index (κ2) is 4.76. The molecule has 3 aromatic rings. The summed E-state index contributed by atoms with van der Waals surface area (Å²) in [5.74, 6) is 0. The van der Waals surface area contributed by atoms with E-state index in [1.807, 2.05) is 12.1 Å². The lowest BCUT2D eigenvalue weighted by atomic mass is 10.2. The van der Waals surface area contributed by atoms with Crippen molar-refractivity contribution in [2.75, 3.05) is 0 Å². The molecule has 0 aliphatic rings. The molecule has 21 heavy (non-hydrogen) atoms. The monoisotopic (exact) mass is 293 g/mol. The Bertz CT molecular complexity index is 815. The predicted octanol–water partition coefficient (Wildman–Crippen LogP) is 2.56. The van der Waals surface area contributed by atoms with Gasteiger partial charge in [0.15, 0.2) is 0 Å². The molecule has 0 fully saturated rings. The number of fused-ring (bicyclic) bond motifs is 1. The van der Waals surface area contributed by atoms with Crippen LogP contribution >= 0.6 is 0 Å². The minimum atomic E-state index is -4.48. The molecule has 7 heteroatoms. The van der Waals surface area contributed by atoms with Gasteiger partial charge in [-0.25, -0.2) is 4.98 Å². The van der Waals surface area contributed by atoms with E-state index in [0.29, 0.717) is 11.3 Å². The van der Waals surface area contributed by atoms with E-state index in [9.17, 15) is 18.0 Å². The van der Waals surface area contributed by atoms with Gasteiger partial charge >= 0.3 is 6.18 Å². The van der Waals surface area contributed by atoms with Gasteiger partial charge in [-0.15, -0.1) is 0 Å². The molecule has 0 saturated heterocycles. The van der Waals surface area contributed by atoms with E-state index in [2.05, 4.69) is 4.98 Å². The van der Waals surface area contributed by atoms with Gasteiger partial charge in [0, 0.05) is 24.7 Å². The average molecular weight is 293 g/mol. The largest absolute Gasteiger partial charge is 0.417 e. The van der Waals surface area contributed by atoms with Crippen LogP contribution in [-0.2, 0) is 12.7 Å². The van der Waals surface area contributed by atoms with Crippen molar-refractivity contribution >= 4 is 5.65 Å². The number of hydrogen-bond acceptors (Lipinski definition) is 2. The number of hydrogen-bond donors (Lipinski definition) is 0. The van der Waals surface area contributed by atoms with Crippen molar-refractivity contribution in [1.82, 2.24) is 14.0 Å². The summed E-state index contributed by atoms with van der Waals surface area (Å²) >= 11 is 0. The maximum Gasteiger partial charge on any atom is 0.417 e. The molecule has 0 aromatic carbocycles. The summed E-state index contributed by atoms with van der Waals surface area (Å²) in [6, 6.07) is 7.09. The van der Waals surface area contributed by atoms with Crippen molar-refractivity contribution in [3.05, 3.63) is 70.5 Å². The fourth-order valence-electron chi connectivity index (χ4n) is 2.06. The molecule has 3 aromatic heterocycles. The third kappa shape index (κ3) is 2.67. The number of nitrogens with zero attached hydrogens (tertiary/aromatic N) is 3. The Morgan fingerprint density at radius 1 is 1.10 bits per heavy atom. The molecule has 0 aliphatic heterocycles. The number of pyridine rings is 2. The van der Waals surface area contributed by atoms with Crippen LogP contribution in [0.1, 0.15) is 11.3 Å². The minimum Gasteiger partial charge on any atom is -0.309 e. The molecule has 3 rings (SSSR count). The Balaban J connectivity index is 1.99. The van der Waals surface area contributed by atoms with Gasteiger partial charge in [0.2, 0.25) is 0 Å². The normalized spacial score (nSPS) is 12.0. The lowest BCUT2D eigenvalue weighted by Gasteiger charge is -2.09. The zero-order valence-electron chi connectivity index (χ0n) is 10.7. The summed E-state index contributed by atoms with van der Waals surface area (Å²) in [5.41, 5.74) is -0.166. The van der Waals surface area contributed by atoms with Crippen LogP contribution in [0.15, 0.2) is 53.7 Å². The topological polar surface area (TPSA) is 39.3 Å². The summed E-state index contributed by atoms with van der Waals surface area (Å²) in [6.07, 6.45) is -0.205. The number of halogens is 3. The van der Waals surface area contributed by atoms with Crippen LogP contribution in [0.5, 0.6) is 0 Å². The summed E-state index contributed by atoms with van der Waals surface area (Å²) < 4.78 is 40.8. The van der Waals surface area contributed by atoms with Gasteiger partial charge < -0.3 is 8.97 Å². The summed E-state index contributed by atoms with van der Waals surface area (Å²) in [4.78, 5) is 15.9. The lowest BCUT2D eigenvalue weighted by molar-refractivity contribution is -0.138. The Kier molecular flexibility index (Phi) is 3.04. The quantitative estimate of drug-likeness (QED) is 0.728. The SMILES string of the molecule is O=c1ccc(C(F)(F)F)cn1Cc1cn2ccccc2n1. The van der Waals surface area contributed by atoms with Crippen LogP contribution in [0.3, 0.4) is 0 Å². The van der Waals surface area contributed by atoms with Crippen LogP contribution in [-0.4, -0.2) is 14.0 Å². The number of aromatic nitrogens is 3. The van der Waals surface area contributed by atoms with Gasteiger partial charge in [0.05, 0.1) is 17.8 Å². The highest BCUT2D eigenvalue weighted by atomic mass is 19.4. The highest BCUT2D eigenvalue weighted by molar-refractivity contribution is 5.39. The van der Waals surface area contributed by atoms with E-state index in [1.54, 1.807) is 22.9 Å². The number of imidazole rings is 1. The van der Waals surface area contributed by atoms with E-state index in [-0.39, 0.29) is 6.54 Å². The first-order valence-electron chi connectivity index (χ1n) is 6.14. The number of rotatable bonds is 2. The first-order valence-corrected chi connectivity index (χ1v) is 6.14. The van der Waals surface area contributed by atoms with Crippen molar-refractivity contribution in [1.29, 1.82) is 0 Å². The Morgan fingerprint density at radius 3 is 2.62 bits per heavy atom. The second-order valence-corrected chi connectivity index (χ2v) is 4.58. The van der Waals surface area contributed by atoms with E-state index in [0.717, 1.165) is 22.9 Å². The fourth-order valence-corrected chi connectivity index (χ4v) is 2.06. The molecule has 0 saturated carbocycles. The van der Waals surface area contributed by atoms with E-state index < -0.39 is 17.3 Å². The zero-order chi connectivity index (χ0) is 15.0. The van der Waals surface area contributed by atoms with Crippen LogP contribution < -0.4 is 5.56 Å². The molecular formula is C14H10F3N3O. The van der Waals surface area contributed by atoms with Gasteiger partial charge in [-0.1, -0.05) is 6.07 Å². The first-order chi connectivity index (χ1) is 9.93. The van der Waals surface area contributed by atoms with Gasteiger partial charge in [-0.2, -0.15) is 13.2 Å². The van der Waals surface area contributed by atoms with Crippen molar-refractivity contribution in [3.8, 4) is 0 Å². The van der Waals surface area contributed by atoms with Gasteiger partial charge in [-0.3, -0.25) is 4.79 Å². The van der Waals surface area contributed by atoms with E-state index in [1.165, 1.54) is 0 Å². The summed E-state index contributed by atoms with van der Waals surface area (Å²) in [6.45, 7) is -0.00949. The van der Waals surface area contributed by atoms with Crippen LogP contribution in [0, 0.1) is 0 Å². The van der Waals surface area contributed by atoms with E-state index >= 15 is 0 Å². The second-order valence-electron chi connectivity index (χ2n) is 4.58. The molecule has 0 radical (unpaired) electrons. The molecule has 0 amide bonds. The summed E-state index contributed by atoms with van der Waals surface area (Å²) in [5, 5.41) is 0. The first kappa shape index (κ1) is 13.4. The predicted molar refractivity (Wildman–Crippen MR) is 70.0 cm³/mol. The molecule has 0 unspecified atom stereocenters. The van der Waals surface area contributed by atoms with Crippen LogP contribution in [0.25, 0.3) is 5.65 Å². The maximum atomic E-state index is 12.7. The third-order valence-corrected chi connectivity index (χ3v) is 3.06. The average Bonchev–Trinajstić information content (AvgIpc) is 2.82. The van der Waals surface area contributed by atoms with Crippen molar-refractivity contribution in [2.45, 2.75) is 12.7 Å². The molecule has 108 valence electrons. The minimum absolute atomic E-state index is 0.00949. The Hall–Kier alpha value is -2.57. The lowest BCUT2D eigenvalue weighted by Crippen LogP contribution is -2.22. The van der Waals surface area contributed by atoms with Gasteiger partial charge in [0.25, 0.3) is 5.56 Å². The summed E-state index contributed by atoms with van der Waals surface area (Å²) in [7, 11) is 0. The smallest absolute Gasteiger partial charge is 0.309 e. The molecule has 0 spiro atoms. The van der Waals surface area contributed by atoms with E-state index in [4.69, 9.17) is 0 Å². The highest BCUT2D eigenvalue weighted by Crippen LogP contribution is 2.28. The third-order valence-electron chi connectivity index (χ3n) is 3.06. The van der Waals surface area contributed by atoms with Crippen molar-refractivity contribution in [3.63, 3.8) is 0 Å². The van der Waals surface area contributed by atoms with Crippen molar-refractivity contribution in [2.24, 2.45) is 0 Å². The molecule has 4 nitrogen and oxygen atoms in total. The molecule has 0 bridgehead atoms. The van der Waals surface area contributed by atoms with Crippen LogP contribution in [0.2, 0.25) is 0 Å². The fraction of sp³-hybridized carbons (Fsp3) is 0.143. The maximum absolute atomic E-state index is 12.7. The number of alkyl halides is 3. The van der Waals surface area contributed by atoms with Gasteiger partial charge in [0.1, 0.15) is 5.65 Å². The molecule has 3 heterocycles. The standard InChI is InChI=1S/C14H10F3N3O/c15-14(16,17)10-4-5-13(21)20(7-10)9-11-8-19-6-2-1-3-12(19)18-11/h1-8H,9H2. The highest BCUT2D eigenvalue weighted by Gasteiger charge is 2.31. The molecule has 0 atom stereocenters. The Labute approximate surface area is 117 Å². The Morgan fingerprint density at radius 2 is 1.90 bits per heavy atom.